The van der Waals surface area contributed by atoms with Gasteiger partial charge in [0.1, 0.15) is 0 Å². The van der Waals surface area contributed by atoms with E-state index in [0.717, 1.165) is 11.3 Å². The normalized spacial score (nSPS) is 12.1. The summed E-state index contributed by atoms with van der Waals surface area (Å²) in [6.45, 7) is 2.06. The molecule has 0 unspecified atom stereocenters. The van der Waals surface area contributed by atoms with Gasteiger partial charge in [-0.3, -0.25) is 0 Å². The van der Waals surface area contributed by atoms with Crippen LogP contribution in [0.1, 0.15) is 18.5 Å². The third-order valence-corrected chi connectivity index (χ3v) is 3.03. The van der Waals surface area contributed by atoms with Gasteiger partial charge in [0, 0.05) is 24.2 Å². The molecule has 0 amide bonds. The molecule has 0 fully saturated rings. The van der Waals surface area contributed by atoms with E-state index in [4.69, 9.17) is 0 Å². The second kappa shape index (κ2) is 5.52. The van der Waals surface area contributed by atoms with Crippen LogP contribution in [0.15, 0.2) is 61.2 Å². The molecule has 0 aliphatic heterocycles. The monoisotopic (exact) mass is 265 g/mol. The van der Waals surface area contributed by atoms with E-state index in [2.05, 4.69) is 27.3 Å². The van der Waals surface area contributed by atoms with Crippen LogP contribution in [0, 0.1) is 0 Å². The molecular weight excluding hydrogens is 250 g/mol. The van der Waals surface area contributed by atoms with E-state index in [1.165, 1.54) is 0 Å². The standard InChI is InChI=1S/C15H15N5/c1-12(19-15-16-8-5-9-17-15)13-10-18-20(11-13)14-6-3-2-4-7-14/h2-12H,1H3,(H,16,17,19)/t12-/m0/s1. The van der Waals surface area contributed by atoms with Gasteiger partial charge in [-0.1, -0.05) is 18.2 Å². The summed E-state index contributed by atoms with van der Waals surface area (Å²) in [4.78, 5) is 8.32. The number of benzene rings is 1. The van der Waals surface area contributed by atoms with Crippen molar-refractivity contribution in [1.29, 1.82) is 0 Å². The third-order valence-electron chi connectivity index (χ3n) is 3.03. The maximum absolute atomic E-state index is 4.38. The summed E-state index contributed by atoms with van der Waals surface area (Å²) < 4.78 is 1.86. The Morgan fingerprint density at radius 1 is 1.05 bits per heavy atom. The van der Waals surface area contributed by atoms with Gasteiger partial charge in [0.2, 0.25) is 5.95 Å². The van der Waals surface area contributed by atoms with Gasteiger partial charge in [0.05, 0.1) is 17.9 Å². The van der Waals surface area contributed by atoms with Crippen molar-refractivity contribution in [3.63, 3.8) is 0 Å². The molecule has 1 atom stereocenters. The number of para-hydroxylation sites is 1. The lowest BCUT2D eigenvalue weighted by atomic mass is 10.2. The number of rotatable bonds is 4. The highest BCUT2D eigenvalue weighted by atomic mass is 15.3. The van der Waals surface area contributed by atoms with E-state index in [0.29, 0.717) is 5.95 Å². The molecule has 0 spiro atoms. The lowest BCUT2D eigenvalue weighted by Crippen LogP contribution is -2.08. The molecule has 2 heterocycles. The van der Waals surface area contributed by atoms with Crippen LogP contribution in [-0.2, 0) is 0 Å². The predicted octanol–water partition coefficient (Wildman–Crippen LogP) is 2.84. The molecular formula is C15H15N5. The number of aromatic nitrogens is 4. The second-order valence-electron chi connectivity index (χ2n) is 4.49. The van der Waals surface area contributed by atoms with Gasteiger partial charge in [-0.25, -0.2) is 14.6 Å². The average Bonchev–Trinajstić information content (AvgIpc) is 2.99. The van der Waals surface area contributed by atoms with Crippen LogP contribution in [0.5, 0.6) is 0 Å². The Morgan fingerprint density at radius 3 is 2.55 bits per heavy atom. The van der Waals surface area contributed by atoms with Gasteiger partial charge in [-0.2, -0.15) is 5.10 Å². The van der Waals surface area contributed by atoms with Crippen molar-refractivity contribution >= 4 is 5.95 Å². The summed E-state index contributed by atoms with van der Waals surface area (Å²) in [6, 6.07) is 11.9. The zero-order chi connectivity index (χ0) is 13.8. The van der Waals surface area contributed by atoms with E-state index in [1.807, 2.05) is 47.4 Å². The second-order valence-corrected chi connectivity index (χ2v) is 4.49. The van der Waals surface area contributed by atoms with Crippen LogP contribution in [0.3, 0.4) is 0 Å². The lowest BCUT2D eigenvalue weighted by Gasteiger charge is -2.11. The maximum atomic E-state index is 4.38. The summed E-state index contributed by atoms with van der Waals surface area (Å²) in [5.74, 6) is 0.618. The summed E-state index contributed by atoms with van der Waals surface area (Å²) in [7, 11) is 0. The fraction of sp³-hybridized carbons (Fsp3) is 0.133. The van der Waals surface area contributed by atoms with Crippen molar-refractivity contribution in [3.05, 3.63) is 66.7 Å². The number of hydrogen-bond donors (Lipinski definition) is 1. The average molecular weight is 265 g/mol. The highest BCUT2D eigenvalue weighted by molar-refractivity contribution is 5.33. The van der Waals surface area contributed by atoms with Crippen LogP contribution in [0.25, 0.3) is 5.69 Å². The first kappa shape index (κ1) is 12.3. The SMILES string of the molecule is C[C@H](Nc1ncccn1)c1cnn(-c2ccccc2)c1. The van der Waals surface area contributed by atoms with E-state index < -0.39 is 0 Å². The first-order valence-electron chi connectivity index (χ1n) is 6.46. The molecule has 0 bridgehead atoms. The number of nitrogens with zero attached hydrogens (tertiary/aromatic N) is 4. The molecule has 100 valence electrons. The molecule has 0 radical (unpaired) electrons. The van der Waals surface area contributed by atoms with Gasteiger partial charge < -0.3 is 5.32 Å². The van der Waals surface area contributed by atoms with Gasteiger partial charge in [-0.05, 0) is 25.1 Å². The molecule has 0 saturated heterocycles. The summed E-state index contributed by atoms with van der Waals surface area (Å²) in [5, 5.41) is 7.63. The molecule has 5 heteroatoms. The van der Waals surface area contributed by atoms with Crippen molar-refractivity contribution in [2.24, 2.45) is 0 Å². The third kappa shape index (κ3) is 2.66. The van der Waals surface area contributed by atoms with Crippen LogP contribution < -0.4 is 5.32 Å². The number of nitrogens with one attached hydrogen (secondary N) is 1. The molecule has 0 saturated carbocycles. The molecule has 5 nitrogen and oxygen atoms in total. The van der Waals surface area contributed by atoms with E-state index in [-0.39, 0.29) is 6.04 Å². The minimum Gasteiger partial charge on any atom is -0.348 e. The molecule has 20 heavy (non-hydrogen) atoms. The van der Waals surface area contributed by atoms with Gasteiger partial charge in [-0.15, -0.1) is 0 Å². The zero-order valence-corrected chi connectivity index (χ0v) is 11.1. The topological polar surface area (TPSA) is 55.6 Å². The van der Waals surface area contributed by atoms with Crippen LogP contribution in [-0.4, -0.2) is 19.7 Å². The fourth-order valence-corrected chi connectivity index (χ4v) is 1.93. The number of anilines is 1. The largest absolute Gasteiger partial charge is 0.348 e. The van der Waals surface area contributed by atoms with Crippen molar-refractivity contribution in [2.45, 2.75) is 13.0 Å². The first-order chi connectivity index (χ1) is 9.83. The fourth-order valence-electron chi connectivity index (χ4n) is 1.93. The summed E-state index contributed by atoms with van der Waals surface area (Å²) in [6.07, 6.45) is 7.30. The van der Waals surface area contributed by atoms with Crippen LogP contribution in [0.4, 0.5) is 5.95 Å². The van der Waals surface area contributed by atoms with Crippen molar-refractivity contribution in [1.82, 2.24) is 19.7 Å². The van der Waals surface area contributed by atoms with Gasteiger partial charge in [0.15, 0.2) is 0 Å². The molecule has 2 aromatic heterocycles. The Kier molecular flexibility index (Phi) is 3.41. The van der Waals surface area contributed by atoms with E-state index >= 15 is 0 Å². The van der Waals surface area contributed by atoms with Crippen molar-refractivity contribution < 1.29 is 0 Å². The molecule has 3 aromatic rings. The van der Waals surface area contributed by atoms with E-state index in [1.54, 1.807) is 18.5 Å². The Bertz CT molecular complexity index is 663. The maximum Gasteiger partial charge on any atom is 0.223 e. The molecule has 0 aliphatic carbocycles. The lowest BCUT2D eigenvalue weighted by molar-refractivity contribution is 0.854. The van der Waals surface area contributed by atoms with Crippen LogP contribution in [0.2, 0.25) is 0 Å². The molecule has 1 N–H and O–H groups in total. The first-order valence-corrected chi connectivity index (χ1v) is 6.46. The minimum absolute atomic E-state index is 0.0925. The van der Waals surface area contributed by atoms with Crippen molar-refractivity contribution in [3.8, 4) is 5.69 Å². The number of hydrogen-bond acceptors (Lipinski definition) is 4. The molecule has 0 aliphatic rings. The minimum atomic E-state index is 0.0925. The van der Waals surface area contributed by atoms with Crippen LogP contribution >= 0.6 is 0 Å². The Balaban J connectivity index is 1.77. The smallest absolute Gasteiger partial charge is 0.223 e. The Hall–Kier alpha value is -2.69. The highest BCUT2D eigenvalue weighted by Gasteiger charge is 2.09. The van der Waals surface area contributed by atoms with Gasteiger partial charge in [0.25, 0.3) is 0 Å². The summed E-state index contributed by atoms with van der Waals surface area (Å²) >= 11 is 0. The quantitative estimate of drug-likeness (QED) is 0.788. The molecule has 3 rings (SSSR count). The van der Waals surface area contributed by atoms with Crippen molar-refractivity contribution in [2.75, 3.05) is 5.32 Å². The summed E-state index contributed by atoms with van der Waals surface area (Å²) in [5.41, 5.74) is 2.13. The highest BCUT2D eigenvalue weighted by Crippen LogP contribution is 2.17. The zero-order valence-electron chi connectivity index (χ0n) is 11.1. The molecule has 1 aromatic carbocycles. The Morgan fingerprint density at radius 2 is 1.80 bits per heavy atom. The predicted molar refractivity (Wildman–Crippen MR) is 77.6 cm³/mol. The Labute approximate surface area is 117 Å². The van der Waals surface area contributed by atoms with E-state index in [9.17, 15) is 0 Å². The van der Waals surface area contributed by atoms with Gasteiger partial charge >= 0.3 is 0 Å².